The summed E-state index contributed by atoms with van der Waals surface area (Å²) in [5, 5.41) is 0. The van der Waals surface area contributed by atoms with Crippen LogP contribution in [0.5, 0.6) is 0 Å². The summed E-state index contributed by atoms with van der Waals surface area (Å²) in [6, 6.07) is 0.225. The van der Waals surface area contributed by atoms with Crippen LogP contribution in [0.3, 0.4) is 0 Å². The summed E-state index contributed by atoms with van der Waals surface area (Å²) in [7, 11) is 0. The van der Waals surface area contributed by atoms with Crippen LogP contribution in [0.1, 0.15) is 26.2 Å². The lowest BCUT2D eigenvalue weighted by Crippen LogP contribution is -2.49. The molecule has 1 fully saturated rings. The number of alkyl halides is 3. The van der Waals surface area contributed by atoms with Crippen LogP contribution in [0, 0.1) is 0 Å². The van der Waals surface area contributed by atoms with Crippen molar-refractivity contribution in [1.82, 2.24) is 9.80 Å². The van der Waals surface area contributed by atoms with Crippen LogP contribution in [0.4, 0.5) is 13.2 Å². The number of piperazine rings is 1. The fraction of sp³-hybridized carbons (Fsp3) is 1.00. The lowest BCUT2D eigenvalue weighted by molar-refractivity contribution is -0.149. The van der Waals surface area contributed by atoms with Crippen molar-refractivity contribution in [3.63, 3.8) is 0 Å². The second-order valence-corrected chi connectivity index (χ2v) is 5.07. The molecule has 0 spiro atoms. The van der Waals surface area contributed by atoms with Gasteiger partial charge in [-0.15, -0.1) is 0 Å². The van der Waals surface area contributed by atoms with Gasteiger partial charge < -0.3 is 10.6 Å². The van der Waals surface area contributed by atoms with E-state index in [2.05, 4.69) is 11.8 Å². The van der Waals surface area contributed by atoms with Crippen LogP contribution in [0.2, 0.25) is 0 Å². The van der Waals surface area contributed by atoms with Gasteiger partial charge in [-0.1, -0.05) is 13.3 Å². The molecule has 2 N–H and O–H groups in total. The zero-order chi connectivity index (χ0) is 13.6. The highest BCUT2D eigenvalue weighted by molar-refractivity contribution is 4.75. The molecule has 0 aromatic rings. The summed E-state index contributed by atoms with van der Waals surface area (Å²) >= 11 is 0. The molecule has 1 saturated heterocycles. The lowest BCUT2D eigenvalue weighted by Gasteiger charge is -2.35. The summed E-state index contributed by atoms with van der Waals surface area (Å²) in [4.78, 5) is 3.69. The Hall–Kier alpha value is -0.330. The second kappa shape index (κ2) is 7.31. The molecule has 1 unspecified atom stereocenters. The van der Waals surface area contributed by atoms with Gasteiger partial charge in [0.15, 0.2) is 0 Å². The Morgan fingerprint density at radius 1 is 1.06 bits per heavy atom. The van der Waals surface area contributed by atoms with Crippen molar-refractivity contribution in [2.75, 3.05) is 39.3 Å². The van der Waals surface area contributed by atoms with Crippen molar-refractivity contribution in [2.45, 2.75) is 38.4 Å². The van der Waals surface area contributed by atoms with Crippen molar-refractivity contribution in [2.24, 2.45) is 5.73 Å². The molecule has 0 aromatic carbocycles. The average molecular weight is 267 g/mol. The maximum absolute atomic E-state index is 12.2. The topological polar surface area (TPSA) is 32.5 Å². The van der Waals surface area contributed by atoms with Crippen LogP contribution >= 0.6 is 0 Å². The summed E-state index contributed by atoms with van der Waals surface area (Å²) in [6.45, 7) is 4.67. The van der Waals surface area contributed by atoms with Crippen molar-refractivity contribution in [1.29, 1.82) is 0 Å². The fourth-order valence-corrected chi connectivity index (χ4v) is 2.29. The number of rotatable bonds is 6. The summed E-state index contributed by atoms with van der Waals surface area (Å²) < 4.78 is 36.6. The third-order valence-corrected chi connectivity index (χ3v) is 3.34. The average Bonchev–Trinajstić information content (AvgIpc) is 2.26. The van der Waals surface area contributed by atoms with Gasteiger partial charge in [0.25, 0.3) is 0 Å². The molecular weight excluding hydrogens is 243 g/mol. The van der Waals surface area contributed by atoms with E-state index in [1.54, 1.807) is 0 Å². The van der Waals surface area contributed by atoms with Crippen LogP contribution in [0.15, 0.2) is 0 Å². The standard InChI is InChI=1S/C12H24F3N3/c1-2-3-11(16)4-5-17-6-8-18(9-7-17)10-12(13,14)15/h11H,2-10,16H2,1H3. The van der Waals surface area contributed by atoms with Crippen LogP contribution in [-0.2, 0) is 0 Å². The molecule has 108 valence electrons. The monoisotopic (exact) mass is 267 g/mol. The Balaban J connectivity index is 2.15. The minimum absolute atomic E-state index is 0.225. The molecule has 1 aliphatic heterocycles. The Morgan fingerprint density at radius 3 is 2.11 bits per heavy atom. The third-order valence-electron chi connectivity index (χ3n) is 3.34. The minimum Gasteiger partial charge on any atom is -0.328 e. The van der Waals surface area contributed by atoms with Gasteiger partial charge in [0, 0.05) is 32.2 Å². The first-order chi connectivity index (χ1) is 8.40. The molecule has 18 heavy (non-hydrogen) atoms. The van der Waals surface area contributed by atoms with Crippen molar-refractivity contribution < 1.29 is 13.2 Å². The highest BCUT2D eigenvalue weighted by Gasteiger charge is 2.31. The molecule has 1 atom stereocenters. The molecule has 0 amide bonds. The number of nitrogens with two attached hydrogens (primary N) is 1. The number of halogens is 3. The number of nitrogens with zero attached hydrogens (tertiary/aromatic N) is 2. The maximum atomic E-state index is 12.2. The Bertz CT molecular complexity index is 225. The van der Waals surface area contributed by atoms with Gasteiger partial charge in [-0.2, -0.15) is 13.2 Å². The van der Waals surface area contributed by atoms with Crippen LogP contribution in [0.25, 0.3) is 0 Å². The van der Waals surface area contributed by atoms with E-state index >= 15 is 0 Å². The highest BCUT2D eigenvalue weighted by atomic mass is 19.4. The molecule has 6 heteroatoms. The smallest absolute Gasteiger partial charge is 0.328 e. The number of hydrogen-bond acceptors (Lipinski definition) is 3. The normalized spacial score (nSPS) is 21.2. The SMILES string of the molecule is CCCC(N)CCN1CCN(CC(F)(F)F)CC1. The molecule has 0 aromatic heterocycles. The second-order valence-electron chi connectivity index (χ2n) is 5.07. The summed E-state index contributed by atoms with van der Waals surface area (Å²) in [5.74, 6) is 0. The molecule has 1 aliphatic rings. The molecule has 0 saturated carbocycles. The molecule has 0 bridgehead atoms. The van der Waals surface area contributed by atoms with Gasteiger partial charge in [-0.25, -0.2) is 0 Å². The van der Waals surface area contributed by atoms with E-state index in [1.165, 1.54) is 4.90 Å². The molecule has 1 rings (SSSR count). The Kier molecular flexibility index (Phi) is 6.38. The predicted molar refractivity (Wildman–Crippen MR) is 66.4 cm³/mol. The Labute approximate surface area is 107 Å². The number of hydrogen-bond donors (Lipinski definition) is 1. The van der Waals surface area contributed by atoms with Gasteiger partial charge >= 0.3 is 6.18 Å². The first-order valence-corrected chi connectivity index (χ1v) is 6.67. The van der Waals surface area contributed by atoms with Gasteiger partial charge in [0.05, 0.1) is 6.54 Å². The highest BCUT2D eigenvalue weighted by Crippen LogP contribution is 2.17. The van der Waals surface area contributed by atoms with Gasteiger partial charge in [0.2, 0.25) is 0 Å². The summed E-state index contributed by atoms with van der Waals surface area (Å²) in [5.41, 5.74) is 5.93. The van der Waals surface area contributed by atoms with E-state index in [0.29, 0.717) is 13.1 Å². The van der Waals surface area contributed by atoms with E-state index in [4.69, 9.17) is 5.73 Å². The molecular formula is C12H24F3N3. The quantitative estimate of drug-likeness (QED) is 0.795. The predicted octanol–water partition coefficient (Wildman–Crippen LogP) is 1.68. The van der Waals surface area contributed by atoms with Crippen LogP contribution in [-0.4, -0.2) is 61.3 Å². The van der Waals surface area contributed by atoms with Crippen molar-refractivity contribution >= 4 is 0 Å². The fourth-order valence-electron chi connectivity index (χ4n) is 2.29. The molecule has 1 heterocycles. The zero-order valence-corrected chi connectivity index (χ0v) is 11.0. The van der Waals surface area contributed by atoms with Crippen molar-refractivity contribution in [3.8, 4) is 0 Å². The molecule has 0 radical (unpaired) electrons. The van der Waals surface area contributed by atoms with E-state index < -0.39 is 12.7 Å². The third kappa shape index (κ3) is 6.56. The van der Waals surface area contributed by atoms with E-state index in [0.717, 1.165) is 38.9 Å². The largest absolute Gasteiger partial charge is 0.401 e. The Morgan fingerprint density at radius 2 is 1.61 bits per heavy atom. The van der Waals surface area contributed by atoms with Gasteiger partial charge in [0.1, 0.15) is 0 Å². The van der Waals surface area contributed by atoms with Crippen LogP contribution < -0.4 is 5.73 Å². The maximum Gasteiger partial charge on any atom is 0.401 e. The van der Waals surface area contributed by atoms with Crippen molar-refractivity contribution in [3.05, 3.63) is 0 Å². The van der Waals surface area contributed by atoms with E-state index in [-0.39, 0.29) is 6.04 Å². The molecule has 0 aliphatic carbocycles. The summed E-state index contributed by atoms with van der Waals surface area (Å²) in [6.07, 6.45) is -1.03. The molecule has 3 nitrogen and oxygen atoms in total. The zero-order valence-electron chi connectivity index (χ0n) is 11.0. The first kappa shape index (κ1) is 15.7. The van der Waals surface area contributed by atoms with E-state index in [9.17, 15) is 13.2 Å². The lowest BCUT2D eigenvalue weighted by atomic mass is 10.1. The van der Waals surface area contributed by atoms with E-state index in [1.807, 2.05) is 0 Å². The first-order valence-electron chi connectivity index (χ1n) is 6.67. The van der Waals surface area contributed by atoms with Gasteiger partial charge in [-0.05, 0) is 19.4 Å². The van der Waals surface area contributed by atoms with Gasteiger partial charge in [-0.3, -0.25) is 4.90 Å². The minimum atomic E-state index is -4.08.